The fourth-order valence-electron chi connectivity index (χ4n) is 2.34. The Morgan fingerprint density at radius 1 is 1.37 bits per heavy atom. The predicted molar refractivity (Wildman–Crippen MR) is 82.3 cm³/mol. The van der Waals surface area contributed by atoms with Crippen LogP contribution in [-0.2, 0) is 0 Å². The molecule has 1 aliphatic heterocycles. The number of thiophene rings is 1. The summed E-state index contributed by atoms with van der Waals surface area (Å²) in [5.41, 5.74) is 1.33. The van der Waals surface area contributed by atoms with Crippen LogP contribution in [0.2, 0.25) is 0 Å². The molecule has 0 saturated heterocycles. The van der Waals surface area contributed by atoms with Gasteiger partial charge in [0.25, 0.3) is 0 Å². The number of thioether (sulfide) groups is 1. The van der Waals surface area contributed by atoms with Crippen LogP contribution in [0.4, 0.5) is 0 Å². The van der Waals surface area contributed by atoms with Gasteiger partial charge in [0.2, 0.25) is 0 Å². The van der Waals surface area contributed by atoms with E-state index < -0.39 is 0 Å². The molecule has 1 aromatic carbocycles. The summed E-state index contributed by atoms with van der Waals surface area (Å²) in [5, 5.41) is 7.89. The van der Waals surface area contributed by atoms with Gasteiger partial charge in [-0.2, -0.15) is 11.3 Å². The van der Waals surface area contributed by atoms with Gasteiger partial charge in [-0.3, -0.25) is 0 Å². The van der Waals surface area contributed by atoms with Gasteiger partial charge in [0.1, 0.15) is 11.9 Å². The first-order chi connectivity index (χ1) is 9.38. The molecule has 1 aliphatic rings. The molecule has 2 aromatic rings. The molecule has 3 rings (SSSR count). The summed E-state index contributed by atoms with van der Waals surface area (Å²) < 4.78 is 6.19. The summed E-state index contributed by atoms with van der Waals surface area (Å²) in [7, 11) is 0. The zero-order valence-corrected chi connectivity index (χ0v) is 12.5. The van der Waals surface area contributed by atoms with Crippen molar-refractivity contribution >= 4 is 23.1 Å². The molecular weight excluding hydrogens is 274 g/mol. The lowest BCUT2D eigenvalue weighted by molar-refractivity contribution is 0.167. The van der Waals surface area contributed by atoms with Gasteiger partial charge < -0.3 is 10.1 Å². The summed E-state index contributed by atoms with van der Waals surface area (Å²) in [6.07, 6.45) is 0.189. The molecule has 2 unspecified atom stereocenters. The van der Waals surface area contributed by atoms with Crippen molar-refractivity contribution in [2.45, 2.75) is 24.0 Å². The molecule has 0 aliphatic carbocycles. The second-order valence-corrected chi connectivity index (χ2v) is 6.35. The van der Waals surface area contributed by atoms with Gasteiger partial charge in [0, 0.05) is 10.6 Å². The molecule has 2 nitrogen and oxygen atoms in total. The van der Waals surface area contributed by atoms with Crippen LogP contribution in [0.5, 0.6) is 5.75 Å². The Balaban J connectivity index is 1.82. The lowest BCUT2D eigenvalue weighted by atomic mass is 10.1. The SMILES string of the molecule is CCNC(c1ccsc1)C1CSc2ccccc2O1. The minimum atomic E-state index is 0.189. The zero-order chi connectivity index (χ0) is 13.1. The van der Waals surface area contributed by atoms with Crippen molar-refractivity contribution in [2.75, 3.05) is 12.3 Å². The van der Waals surface area contributed by atoms with Crippen molar-refractivity contribution < 1.29 is 4.74 Å². The maximum absolute atomic E-state index is 6.19. The third-order valence-electron chi connectivity index (χ3n) is 3.23. The fourth-order valence-corrected chi connectivity index (χ4v) is 4.07. The van der Waals surface area contributed by atoms with Gasteiger partial charge in [0.05, 0.1) is 6.04 Å². The summed E-state index contributed by atoms with van der Waals surface area (Å²) in [6.45, 7) is 3.09. The van der Waals surface area contributed by atoms with Gasteiger partial charge in [-0.05, 0) is 41.1 Å². The van der Waals surface area contributed by atoms with Crippen LogP contribution in [0.25, 0.3) is 0 Å². The zero-order valence-electron chi connectivity index (χ0n) is 10.8. The Hall–Kier alpha value is -0.970. The van der Waals surface area contributed by atoms with E-state index in [4.69, 9.17) is 4.74 Å². The maximum atomic E-state index is 6.19. The number of rotatable bonds is 4. The summed E-state index contributed by atoms with van der Waals surface area (Å²) in [6, 6.07) is 10.8. The molecule has 0 radical (unpaired) electrons. The van der Waals surface area contributed by atoms with Gasteiger partial charge in [-0.1, -0.05) is 19.1 Å². The van der Waals surface area contributed by atoms with Crippen molar-refractivity contribution in [1.29, 1.82) is 0 Å². The number of ether oxygens (including phenoxy) is 1. The number of hydrogen-bond acceptors (Lipinski definition) is 4. The summed E-state index contributed by atoms with van der Waals surface area (Å²) >= 11 is 3.63. The molecule has 2 heterocycles. The van der Waals surface area contributed by atoms with E-state index in [1.165, 1.54) is 10.5 Å². The van der Waals surface area contributed by atoms with Gasteiger partial charge in [0.15, 0.2) is 0 Å². The van der Waals surface area contributed by atoms with Crippen LogP contribution < -0.4 is 10.1 Å². The number of benzene rings is 1. The minimum Gasteiger partial charge on any atom is -0.486 e. The first kappa shape index (κ1) is 13.0. The minimum absolute atomic E-state index is 0.189. The maximum Gasteiger partial charge on any atom is 0.133 e. The Bertz CT molecular complexity index is 527. The van der Waals surface area contributed by atoms with Crippen LogP contribution >= 0.6 is 23.1 Å². The highest BCUT2D eigenvalue weighted by Crippen LogP contribution is 2.38. The second kappa shape index (κ2) is 5.99. The molecule has 4 heteroatoms. The van der Waals surface area contributed by atoms with Gasteiger partial charge in [-0.15, -0.1) is 11.8 Å². The molecule has 19 heavy (non-hydrogen) atoms. The third-order valence-corrected chi connectivity index (χ3v) is 5.07. The standard InChI is InChI=1S/C15H17NOS2/c1-2-16-15(11-7-8-18-9-11)13-10-19-14-6-4-3-5-12(14)17-13/h3-9,13,15-16H,2,10H2,1H3. The molecule has 0 fully saturated rings. The first-order valence-electron chi connectivity index (χ1n) is 6.52. The average Bonchev–Trinajstić information content (AvgIpc) is 2.98. The van der Waals surface area contributed by atoms with E-state index in [9.17, 15) is 0 Å². The van der Waals surface area contributed by atoms with Crippen molar-refractivity contribution in [3.05, 3.63) is 46.7 Å². The quantitative estimate of drug-likeness (QED) is 0.921. The Morgan fingerprint density at radius 2 is 2.26 bits per heavy atom. The lowest BCUT2D eigenvalue weighted by Crippen LogP contribution is -2.38. The molecule has 0 spiro atoms. The van der Waals surface area contributed by atoms with Gasteiger partial charge in [-0.25, -0.2) is 0 Å². The molecule has 1 aromatic heterocycles. The van der Waals surface area contributed by atoms with E-state index in [0.29, 0.717) is 0 Å². The Labute approximate surface area is 122 Å². The van der Waals surface area contributed by atoms with Crippen LogP contribution in [0, 0.1) is 0 Å². The number of fused-ring (bicyclic) bond motifs is 1. The molecular formula is C15H17NOS2. The van der Waals surface area contributed by atoms with Crippen LogP contribution in [0.15, 0.2) is 46.0 Å². The van der Waals surface area contributed by atoms with Crippen LogP contribution in [0.1, 0.15) is 18.5 Å². The fraction of sp³-hybridized carbons (Fsp3) is 0.333. The third kappa shape index (κ3) is 2.81. The second-order valence-electron chi connectivity index (χ2n) is 4.51. The number of para-hydroxylation sites is 1. The van der Waals surface area contributed by atoms with Crippen molar-refractivity contribution in [3.63, 3.8) is 0 Å². The van der Waals surface area contributed by atoms with Crippen molar-refractivity contribution in [3.8, 4) is 5.75 Å². The Kier molecular flexibility index (Phi) is 4.11. The first-order valence-corrected chi connectivity index (χ1v) is 8.45. The number of likely N-dealkylation sites (N-methyl/N-ethyl adjacent to an activating group) is 1. The molecule has 100 valence electrons. The van der Waals surface area contributed by atoms with E-state index in [0.717, 1.165) is 18.0 Å². The molecule has 1 N–H and O–H groups in total. The number of nitrogens with one attached hydrogen (secondary N) is 1. The smallest absolute Gasteiger partial charge is 0.133 e. The monoisotopic (exact) mass is 291 g/mol. The van der Waals surface area contributed by atoms with Crippen LogP contribution in [0.3, 0.4) is 0 Å². The molecule has 0 amide bonds. The highest BCUT2D eigenvalue weighted by molar-refractivity contribution is 7.99. The summed E-state index contributed by atoms with van der Waals surface area (Å²) in [4.78, 5) is 1.25. The normalized spacial score (nSPS) is 19.5. The summed E-state index contributed by atoms with van der Waals surface area (Å²) in [5.74, 6) is 2.01. The van der Waals surface area contributed by atoms with Gasteiger partial charge >= 0.3 is 0 Å². The van der Waals surface area contributed by atoms with E-state index >= 15 is 0 Å². The number of hydrogen-bond donors (Lipinski definition) is 1. The molecule has 2 atom stereocenters. The highest BCUT2D eigenvalue weighted by atomic mass is 32.2. The molecule has 0 bridgehead atoms. The molecule has 0 saturated carbocycles. The Morgan fingerprint density at radius 3 is 3.05 bits per heavy atom. The lowest BCUT2D eigenvalue weighted by Gasteiger charge is -2.32. The largest absolute Gasteiger partial charge is 0.486 e. The van der Waals surface area contributed by atoms with Crippen molar-refractivity contribution in [2.24, 2.45) is 0 Å². The highest BCUT2D eigenvalue weighted by Gasteiger charge is 2.28. The van der Waals surface area contributed by atoms with Crippen molar-refractivity contribution in [1.82, 2.24) is 5.32 Å². The topological polar surface area (TPSA) is 21.3 Å². The average molecular weight is 291 g/mol. The van der Waals surface area contributed by atoms with E-state index in [-0.39, 0.29) is 12.1 Å². The predicted octanol–water partition coefficient (Wildman–Crippen LogP) is 3.95. The van der Waals surface area contributed by atoms with Crippen LogP contribution in [-0.4, -0.2) is 18.4 Å². The van der Waals surface area contributed by atoms with E-state index in [1.54, 1.807) is 11.3 Å². The van der Waals surface area contributed by atoms with E-state index in [1.807, 2.05) is 17.8 Å². The van der Waals surface area contributed by atoms with E-state index in [2.05, 4.69) is 47.3 Å².